The second-order valence-electron chi connectivity index (χ2n) is 2.22. The highest BCUT2D eigenvalue weighted by Crippen LogP contribution is 2.06. The van der Waals surface area contributed by atoms with Crippen LogP contribution in [0.2, 0.25) is 0 Å². The van der Waals surface area contributed by atoms with Gasteiger partial charge in [0.1, 0.15) is 6.61 Å². The molecule has 0 aliphatic heterocycles. The lowest BCUT2D eigenvalue weighted by molar-refractivity contribution is -0.143. The summed E-state index contributed by atoms with van der Waals surface area (Å²) in [5.74, 6) is -1.51. The summed E-state index contributed by atoms with van der Waals surface area (Å²) in [4.78, 5) is 20.0. The van der Waals surface area contributed by atoms with Gasteiger partial charge in [-0.05, 0) is 6.42 Å². The van der Waals surface area contributed by atoms with Crippen LogP contribution in [0.25, 0.3) is 0 Å². The molecule has 0 saturated heterocycles. The van der Waals surface area contributed by atoms with Gasteiger partial charge in [0, 0.05) is 0 Å². The number of carboxylic acid groups (broad SMARTS) is 1. The molecular formula is C7H11O4. The fourth-order valence-electron chi connectivity index (χ4n) is 0.761. The van der Waals surface area contributed by atoms with Crippen molar-refractivity contribution in [3.8, 4) is 0 Å². The van der Waals surface area contributed by atoms with Crippen LogP contribution in [0.4, 0.5) is 0 Å². The van der Waals surface area contributed by atoms with E-state index in [0.717, 1.165) is 6.42 Å². The maximum Gasteiger partial charge on any atom is 0.417 e. The van der Waals surface area contributed by atoms with Crippen LogP contribution in [0.5, 0.6) is 0 Å². The van der Waals surface area contributed by atoms with Gasteiger partial charge in [-0.3, -0.25) is 4.79 Å². The van der Waals surface area contributed by atoms with Crippen LogP contribution in [-0.2, 0) is 14.3 Å². The molecular weight excluding hydrogens is 148 g/mol. The molecule has 0 aliphatic rings. The van der Waals surface area contributed by atoms with E-state index in [-0.39, 0.29) is 6.61 Å². The van der Waals surface area contributed by atoms with E-state index in [1.807, 2.05) is 6.92 Å². The van der Waals surface area contributed by atoms with Gasteiger partial charge in [-0.2, -0.15) is 0 Å². The van der Waals surface area contributed by atoms with Crippen molar-refractivity contribution in [2.24, 2.45) is 5.92 Å². The summed E-state index contributed by atoms with van der Waals surface area (Å²) in [6.45, 7) is 3.00. The number of carbonyl (C=O) groups is 1. The van der Waals surface area contributed by atoms with Crippen molar-refractivity contribution in [1.82, 2.24) is 0 Å². The number of carboxylic acids is 1. The number of hydrogen-bond donors (Lipinski definition) is 1. The van der Waals surface area contributed by atoms with Crippen LogP contribution in [0, 0.1) is 5.92 Å². The Bertz CT molecular complexity index is 132. The van der Waals surface area contributed by atoms with Gasteiger partial charge in [-0.25, -0.2) is 4.79 Å². The number of carbonyl (C=O) groups excluding carboxylic acids is 1. The van der Waals surface area contributed by atoms with Gasteiger partial charge in [0.15, 0.2) is 0 Å². The topological polar surface area (TPSA) is 63.6 Å². The molecule has 0 fully saturated rings. The molecule has 1 atom stereocenters. The van der Waals surface area contributed by atoms with Gasteiger partial charge in [-0.1, -0.05) is 13.3 Å². The lowest BCUT2D eigenvalue weighted by atomic mass is 10.1. The predicted molar refractivity (Wildman–Crippen MR) is 37.7 cm³/mol. The van der Waals surface area contributed by atoms with Crippen molar-refractivity contribution < 1.29 is 19.4 Å². The van der Waals surface area contributed by atoms with Crippen LogP contribution in [0.1, 0.15) is 19.8 Å². The van der Waals surface area contributed by atoms with E-state index in [9.17, 15) is 9.59 Å². The molecule has 1 N–H and O–H groups in total. The van der Waals surface area contributed by atoms with Gasteiger partial charge in [0.25, 0.3) is 0 Å². The van der Waals surface area contributed by atoms with Crippen molar-refractivity contribution in [1.29, 1.82) is 0 Å². The van der Waals surface area contributed by atoms with Crippen molar-refractivity contribution in [2.75, 3.05) is 6.61 Å². The molecule has 4 nitrogen and oxygen atoms in total. The SMILES string of the molecule is CCCC(CO[C]=O)C(=O)O. The Hall–Kier alpha value is -1.06. The summed E-state index contributed by atoms with van der Waals surface area (Å²) < 4.78 is 4.22. The molecule has 0 aromatic rings. The molecule has 0 bridgehead atoms. The van der Waals surface area contributed by atoms with Crippen LogP contribution >= 0.6 is 0 Å². The maximum atomic E-state index is 10.4. The summed E-state index contributed by atoms with van der Waals surface area (Å²) in [5, 5.41) is 8.52. The minimum absolute atomic E-state index is 0.0767. The summed E-state index contributed by atoms with van der Waals surface area (Å²) >= 11 is 0. The molecule has 1 unspecified atom stereocenters. The normalized spacial score (nSPS) is 12.1. The molecule has 11 heavy (non-hydrogen) atoms. The van der Waals surface area contributed by atoms with Crippen molar-refractivity contribution in [3.63, 3.8) is 0 Å². The lowest BCUT2D eigenvalue weighted by Gasteiger charge is -2.07. The zero-order valence-electron chi connectivity index (χ0n) is 6.37. The van der Waals surface area contributed by atoms with Crippen molar-refractivity contribution in [3.05, 3.63) is 0 Å². The number of rotatable bonds is 6. The van der Waals surface area contributed by atoms with Gasteiger partial charge in [-0.15, -0.1) is 0 Å². The largest absolute Gasteiger partial charge is 0.481 e. The minimum Gasteiger partial charge on any atom is -0.481 e. The summed E-state index contributed by atoms with van der Waals surface area (Å²) in [6, 6.07) is 0. The molecule has 0 aromatic carbocycles. The highest BCUT2D eigenvalue weighted by Gasteiger charge is 2.16. The summed E-state index contributed by atoms with van der Waals surface area (Å²) in [7, 11) is 0. The molecule has 63 valence electrons. The average Bonchev–Trinajstić information content (AvgIpc) is 1.97. The van der Waals surface area contributed by atoms with E-state index in [1.54, 1.807) is 0 Å². The summed E-state index contributed by atoms with van der Waals surface area (Å²) in [5.41, 5.74) is 0. The third kappa shape index (κ3) is 4.36. The summed E-state index contributed by atoms with van der Waals surface area (Å²) in [6.07, 6.45) is 1.29. The first-order valence-corrected chi connectivity index (χ1v) is 3.44. The smallest absolute Gasteiger partial charge is 0.417 e. The highest BCUT2D eigenvalue weighted by atomic mass is 16.5. The first-order chi connectivity index (χ1) is 5.22. The molecule has 4 heteroatoms. The molecule has 0 rings (SSSR count). The first-order valence-electron chi connectivity index (χ1n) is 3.44. The number of aliphatic carboxylic acids is 1. The number of ether oxygens (including phenoxy) is 1. The van der Waals surface area contributed by atoms with Crippen LogP contribution in [-0.4, -0.2) is 24.2 Å². The molecule has 0 aliphatic carbocycles. The lowest BCUT2D eigenvalue weighted by Crippen LogP contribution is -2.19. The predicted octanol–water partition coefficient (Wildman–Crippen LogP) is 0.571. The van der Waals surface area contributed by atoms with E-state index < -0.39 is 11.9 Å². The second-order valence-corrected chi connectivity index (χ2v) is 2.22. The van der Waals surface area contributed by atoms with Gasteiger partial charge >= 0.3 is 12.4 Å². The first kappa shape index (κ1) is 9.94. The molecule has 0 spiro atoms. The third-order valence-corrected chi connectivity index (χ3v) is 1.33. The Morgan fingerprint density at radius 3 is 2.73 bits per heavy atom. The van der Waals surface area contributed by atoms with Crippen LogP contribution in [0.3, 0.4) is 0 Å². The molecule has 0 amide bonds. The zero-order valence-corrected chi connectivity index (χ0v) is 6.37. The van der Waals surface area contributed by atoms with E-state index in [0.29, 0.717) is 6.42 Å². The maximum absolute atomic E-state index is 10.4. The van der Waals surface area contributed by atoms with Gasteiger partial charge < -0.3 is 9.84 Å². The van der Waals surface area contributed by atoms with Crippen LogP contribution < -0.4 is 0 Å². The van der Waals surface area contributed by atoms with Crippen LogP contribution in [0.15, 0.2) is 0 Å². The zero-order chi connectivity index (χ0) is 8.69. The van der Waals surface area contributed by atoms with Gasteiger partial charge in [0.05, 0.1) is 5.92 Å². The Morgan fingerprint density at radius 1 is 1.73 bits per heavy atom. The van der Waals surface area contributed by atoms with Gasteiger partial charge in [0.2, 0.25) is 0 Å². The van der Waals surface area contributed by atoms with E-state index in [1.165, 1.54) is 6.47 Å². The van der Waals surface area contributed by atoms with Crippen molar-refractivity contribution in [2.45, 2.75) is 19.8 Å². The van der Waals surface area contributed by atoms with Crippen molar-refractivity contribution >= 4 is 12.4 Å². The van der Waals surface area contributed by atoms with E-state index in [2.05, 4.69) is 4.74 Å². The molecule has 0 saturated carbocycles. The van der Waals surface area contributed by atoms with E-state index >= 15 is 0 Å². The Morgan fingerprint density at radius 2 is 2.36 bits per heavy atom. The third-order valence-electron chi connectivity index (χ3n) is 1.33. The average molecular weight is 159 g/mol. The Kier molecular flexibility index (Phi) is 5.15. The highest BCUT2D eigenvalue weighted by molar-refractivity contribution is 5.70. The minimum atomic E-state index is -0.929. The monoisotopic (exact) mass is 159 g/mol. The molecule has 1 radical (unpaired) electrons. The Balaban J connectivity index is 3.68. The molecule has 0 aromatic heterocycles. The fraction of sp³-hybridized carbons (Fsp3) is 0.714. The fourth-order valence-corrected chi connectivity index (χ4v) is 0.761. The number of hydrogen-bond acceptors (Lipinski definition) is 3. The molecule has 0 heterocycles. The van der Waals surface area contributed by atoms with E-state index in [4.69, 9.17) is 5.11 Å². The standard InChI is InChI=1S/C7H11O4/c1-2-3-6(7(9)10)4-11-5-8/h6H,2-4H2,1H3,(H,9,10). The second kappa shape index (κ2) is 5.70. The Labute approximate surface area is 65.2 Å². The quantitative estimate of drug-likeness (QED) is 0.615.